The van der Waals surface area contributed by atoms with Gasteiger partial charge >= 0.3 is 6.18 Å². The van der Waals surface area contributed by atoms with Crippen LogP contribution in [0.1, 0.15) is 23.2 Å². The number of halogens is 3. The van der Waals surface area contributed by atoms with Gasteiger partial charge in [-0.15, -0.1) is 0 Å². The number of H-pyrrole nitrogens is 1. The van der Waals surface area contributed by atoms with Gasteiger partial charge in [0.2, 0.25) is 5.91 Å². The summed E-state index contributed by atoms with van der Waals surface area (Å²) in [4.78, 5) is 16.1. The lowest BCUT2D eigenvalue weighted by Crippen LogP contribution is -2.28. The van der Waals surface area contributed by atoms with Crippen molar-refractivity contribution in [2.75, 3.05) is 12.4 Å². The molecule has 0 bridgehead atoms. The largest absolute Gasteiger partial charge is 0.497 e. The van der Waals surface area contributed by atoms with Gasteiger partial charge in [-0.1, -0.05) is 0 Å². The highest BCUT2D eigenvalue weighted by atomic mass is 19.4. The number of hydrogen-bond donors (Lipinski definition) is 2. The van der Waals surface area contributed by atoms with Crippen molar-refractivity contribution in [3.05, 3.63) is 59.3 Å². The molecular formula is C21H19F3N2O2. The zero-order valence-electron chi connectivity index (χ0n) is 15.2. The van der Waals surface area contributed by atoms with Crippen molar-refractivity contribution in [3.63, 3.8) is 0 Å². The summed E-state index contributed by atoms with van der Waals surface area (Å²) in [5.74, 6) is 0.341. The van der Waals surface area contributed by atoms with Crippen LogP contribution in [0.5, 0.6) is 5.75 Å². The fourth-order valence-electron chi connectivity index (χ4n) is 3.73. The van der Waals surface area contributed by atoms with E-state index in [1.807, 2.05) is 18.2 Å². The van der Waals surface area contributed by atoms with Crippen molar-refractivity contribution < 1.29 is 22.7 Å². The average molecular weight is 388 g/mol. The summed E-state index contributed by atoms with van der Waals surface area (Å²) in [6.45, 7) is 0. The Labute approximate surface area is 159 Å². The number of aromatic nitrogens is 1. The van der Waals surface area contributed by atoms with Crippen LogP contribution in [0.2, 0.25) is 0 Å². The number of hydrogen-bond acceptors (Lipinski definition) is 2. The minimum atomic E-state index is -4.39. The van der Waals surface area contributed by atoms with Crippen LogP contribution in [-0.4, -0.2) is 18.0 Å². The zero-order chi connectivity index (χ0) is 19.9. The molecule has 1 heterocycles. The van der Waals surface area contributed by atoms with Crippen LogP contribution in [-0.2, 0) is 23.8 Å². The highest BCUT2D eigenvalue weighted by Crippen LogP contribution is 2.34. The Morgan fingerprint density at radius 2 is 1.93 bits per heavy atom. The number of aromatic amines is 1. The summed E-state index contributed by atoms with van der Waals surface area (Å²) in [6, 6.07) is 10.3. The van der Waals surface area contributed by atoms with Gasteiger partial charge in [-0.2, -0.15) is 13.2 Å². The summed E-state index contributed by atoms with van der Waals surface area (Å²) in [7, 11) is 1.61. The fourth-order valence-corrected chi connectivity index (χ4v) is 3.73. The summed E-state index contributed by atoms with van der Waals surface area (Å²) >= 11 is 0. The number of ether oxygens (including phenoxy) is 1. The van der Waals surface area contributed by atoms with E-state index in [-0.39, 0.29) is 11.8 Å². The molecule has 3 aromatic rings. The first kappa shape index (κ1) is 18.4. The monoisotopic (exact) mass is 388 g/mol. The van der Waals surface area contributed by atoms with Gasteiger partial charge in [0.05, 0.1) is 12.7 Å². The summed E-state index contributed by atoms with van der Waals surface area (Å²) in [5, 5.41) is 3.79. The molecule has 1 aliphatic rings. The van der Waals surface area contributed by atoms with Crippen molar-refractivity contribution >= 4 is 22.5 Å². The predicted octanol–water partition coefficient (Wildman–Crippen LogP) is 4.94. The quantitative estimate of drug-likeness (QED) is 0.668. The van der Waals surface area contributed by atoms with E-state index in [2.05, 4.69) is 10.3 Å². The van der Waals surface area contributed by atoms with Crippen molar-refractivity contribution in [2.24, 2.45) is 5.92 Å². The maximum Gasteiger partial charge on any atom is 0.416 e. The number of carbonyl (C=O) groups is 1. The van der Waals surface area contributed by atoms with Gasteiger partial charge < -0.3 is 15.0 Å². The molecule has 0 aliphatic heterocycles. The molecule has 0 saturated heterocycles. The number of methoxy groups -OCH3 is 1. The van der Waals surface area contributed by atoms with Crippen molar-refractivity contribution in [1.82, 2.24) is 4.98 Å². The summed E-state index contributed by atoms with van der Waals surface area (Å²) < 4.78 is 43.3. The lowest BCUT2D eigenvalue weighted by Gasteiger charge is -2.22. The molecule has 2 aromatic carbocycles. The first-order valence-corrected chi connectivity index (χ1v) is 9.01. The predicted molar refractivity (Wildman–Crippen MR) is 100 cm³/mol. The normalized spacial score (nSPS) is 16.6. The molecule has 1 aromatic heterocycles. The molecule has 7 heteroatoms. The SMILES string of the molecule is COc1ccc2[nH]c3c(c2c1)CC(C(=O)Nc1ccc(C(F)(F)F)cc1)CC3. The minimum Gasteiger partial charge on any atom is -0.497 e. The first-order valence-electron chi connectivity index (χ1n) is 9.01. The van der Waals surface area contributed by atoms with Gasteiger partial charge in [0.25, 0.3) is 0 Å². The van der Waals surface area contributed by atoms with Crippen LogP contribution in [0, 0.1) is 5.92 Å². The lowest BCUT2D eigenvalue weighted by molar-refractivity contribution is -0.137. The molecular weight excluding hydrogens is 369 g/mol. The Morgan fingerprint density at radius 1 is 1.18 bits per heavy atom. The van der Waals surface area contributed by atoms with E-state index >= 15 is 0 Å². The summed E-state index contributed by atoms with van der Waals surface area (Å²) in [5.41, 5.74) is 2.87. The smallest absolute Gasteiger partial charge is 0.416 e. The Balaban J connectivity index is 1.51. The third-order valence-electron chi connectivity index (χ3n) is 5.25. The number of anilines is 1. The van der Waals surface area contributed by atoms with Gasteiger partial charge in [-0.05, 0) is 67.3 Å². The molecule has 4 rings (SSSR count). The van der Waals surface area contributed by atoms with E-state index in [4.69, 9.17) is 4.74 Å². The number of rotatable bonds is 3. The van der Waals surface area contributed by atoms with Crippen LogP contribution in [0.3, 0.4) is 0 Å². The Bertz CT molecular complexity index is 1020. The topological polar surface area (TPSA) is 54.1 Å². The van der Waals surface area contributed by atoms with Crippen LogP contribution < -0.4 is 10.1 Å². The molecule has 1 aliphatic carbocycles. The molecule has 2 N–H and O–H groups in total. The standard InChI is InChI=1S/C21H19F3N2O2/c1-28-15-7-9-19-17(11-15)16-10-12(2-8-18(16)26-19)20(27)25-14-5-3-13(4-6-14)21(22,23)24/h3-7,9,11-12,26H,2,8,10H2,1H3,(H,25,27). The number of alkyl halides is 3. The van der Waals surface area contributed by atoms with Gasteiger partial charge in [-0.25, -0.2) is 0 Å². The Kier molecular flexibility index (Phi) is 4.53. The lowest BCUT2D eigenvalue weighted by atomic mass is 9.85. The van der Waals surface area contributed by atoms with Crippen molar-refractivity contribution in [2.45, 2.75) is 25.4 Å². The molecule has 1 amide bonds. The van der Waals surface area contributed by atoms with Crippen LogP contribution in [0.25, 0.3) is 10.9 Å². The molecule has 0 saturated carbocycles. The van der Waals surface area contributed by atoms with E-state index in [9.17, 15) is 18.0 Å². The average Bonchev–Trinajstić information content (AvgIpc) is 3.04. The van der Waals surface area contributed by atoms with Crippen molar-refractivity contribution in [1.29, 1.82) is 0 Å². The Morgan fingerprint density at radius 3 is 2.61 bits per heavy atom. The van der Waals surface area contributed by atoms with Crippen LogP contribution in [0.4, 0.5) is 18.9 Å². The highest BCUT2D eigenvalue weighted by molar-refractivity contribution is 5.94. The van der Waals surface area contributed by atoms with Crippen molar-refractivity contribution in [3.8, 4) is 5.75 Å². The van der Waals surface area contributed by atoms with Gasteiger partial charge in [0, 0.05) is 28.2 Å². The van der Waals surface area contributed by atoms with Gasteiger partial charge in [-0.3, -0.25) is 4.79 Å². The molecule has 0 radical (unpaired) electrons. The van der Waals surface area contributed by atoms with Gasteiger partial charge in [0.15, 0.2) is 0 Å². The number of aryl methyl sites for hydroxylation is 1. The van der Waals surface area contributed by atoms with E-state index in [0.717, 1.165) is 46.5 Å². The van der Waals surface area contributed by atoms with Crippen LogP contribution >= 0.6 is 0 Å². The first-order chi connectivity index (χ1) is 13.3. The van der Waals surface area contributed by atoms with Gasteiger partial charge in [0.1, 0.15) is 5.75 Å². The molecule has 1 unspecified atom stereocenters. The number of nitrogens with one attached hydrogen (secondary N) is 2. The number of carbonyl (C=O) groups excluding carboxylic acids is 1. The van der Waals surface area contributed by atoms with E-state index in [1.54, 1.807) is 7.11 Å². The number of benzene rings is 2. The fraction of sp³-hybridized carbons (Fsp3) is 0.286. The van der Waals surface area contributed by atoms with E-state index in [1.165, 1.54) is 12.1 Å². The third kappa shape index (κ3) is 3.44. The van der Waals surface area contributed by atoms with Crippen LogP contribution in [0.15, 0.2) is 42.5 Å². The molecule has 0 fully saturated rings. The van der Waals surface area contributed by atoms with E-state index in [0.29, 0.717) is 18.5 Å². The second kappa shape index (κ2) is 6.89. The molecule has 4 nitrogen and oxygen atoms in total. The minimum absolute atomic E-state index is 0.178. The maximum atomic E-state index is 12.7. The molecule has 1 atom stereocenters. The third-order valence-corrected chi connectivity index (χ3v) is 5.25. The molecule has 0 spiro atoms. The second-order valence-electron chi connectivity index (χ2n) is 7.00. The summed E-state index contributed by atoms with van der Waals surface area (Å²) in [6.07, 6.45) is -2.38. The zero-order valence-corrected chi connectivity index (χ0v) is 15.2. The second-order valence-corrected chi connectivity index (χ2v) is 7.00. The maximum absolute atomic E-state index is 12.7. The number of fused-ring (bicyclic) bond motifs is 3. The molecule has 146 valence electrons. The Hall–Kier alpha value is -2.96. The molecule has 28 heavy (non-hydrogen) atoms. The highest BCUT2D eigenvalue weighted by Gasteiger charge is 2.30. The van der Waals surface area contributed by atoms with E-state index < -0.39 is 11.7 Å². The number of amides is 1.